The van der Waals surface area contributed by atoms with E-state index in [-0.39, 0.29) is 11.2 Å². The van der Waals surface area contributed by atoms with Crippen molar-refractivity contribution in [2.45, 2.75) is 31.1 Å². The number of aliphatic imine (C=N–C) groups is 1. The maximum atomic E-state index is 14.1. The van der Waals surface area contributed by atoms with Gasteiger partial charge in [0.2, 0.25) is 0 Å². The van der Waals surface area contributed by atoms with Crippen LogP contribution in [0.4, 0.5) is 4.39 Å². The number of nitrogens with zero attached hydrogens (tertiary/aromatic N) is 2. The molecule has 1 atom stereocenters. The highest BCUT2D eigenvalue weighted by Crippen LogP contribution is 2.48. The fraction of sp³-hybridized carbons (Fsp3) is 0.632. The number of likely N-dealkylation sites (tertiary alicyclic amines) is 1. The first-order chi connectivity index (χ1) is 11.6. The molecule has 1 aromatic carbocycles. The van der Waals surface area contributed by atoms with Gasteiger partial charge in [-0.05, 0) is 56.8 Å². The molecular weight excluding hydrogens is 303 g/mol. The molecule has 3 rings (SSSR count). The van der Waals surface area contributed by atoms with Crippen molar-refractivity contribution in [1.82, 2.24) is 15.5 Å². The fourth-order valence-corrected chi connectivity index (χ4v) is 3.74. The highest BCUT2D eigenvalue weighted by atomic mass is 19.1. The van der Waals surface area contributed by atoms with Crippen molar-refractivity contribution in [1.29, 1.82) is 0 Å². The lowest BCUT2D eigenvalue weighted by Crippen LogP contribution is -2.45. The molecular formula is C19H29FN4. The summed E-state index contributed by atoms with van der Waals surface area (Å²) in [5.74, 6) is 1.40. The van der Waals surface area contributed by atoms with Crippen LogP contribution < -0.4 is 10.6 Å². The molecule has 4 nitrogen and oxygen atoms in total. The Labute approximate surface area is 144 Å². The van der Waals surface area contributed by atoms with E-state index in [1.165, 1.54) is 19.4 Å². The maximum Gasteiger partial charge on any atom is 0.191 e. The molecule has 1 aliphatic carbocycles. The van der Waals surface area contributed by atoms with Crippen molar-refractivity contribution in [3.63, 3.8) is 0 Å². The van der Waals surface area contributed by atoms with Gasteiger partial charge in [0.1, 0.15) is 5.82 Å². The van der Waals surface area contributed by atoms with E-state index in [1.807, 2.05) is 12.1 Å². The number of hydrogen-bond acceptors (Lipinski definition) is 2. The predicted molar refractivity (Wildman–Crippen MR) is 96.9 cm³/mol. The van der Waals surface area contributed by atoms with Gasteiger partial charge in [-0.2, -0.15) is 0 Å². The summed E-state index contributed by atoms with van der Waals surface area (Å²) in [5.41, 5.74) is 0.774. The highest BCUT2D eigenvalue weighted by molar-refractivity contribution is 5.79. The van der Waals surface area contributed by atoms with Gasteiger partial charge in [0.25, 0.3) is 0 Å². The molecule has 1 aliphatic heterocycles. The molecule has 1 unspecified atom stereocenters. The van der Waals surface area contributed by atoms with Crippen LogP contribution in [0.1, 0.15) is 31.2 Å². The first-order valence-electron chi connectivity index (χ1n) is 9.01. The quantitative estimate of drug-likeness (QED) is 0.642. The lowest BCUT2D eigenvalue weighted by Gasteiger charge is -2.30. The van der Waals surface area contributed by atoms with Crippen LogP contribution in [0.5, 0.6) is 0 Å². The van der Waals surface area contributed by atoms with Gasteiger partial charge in [0.15, 0.2) is 5.96 Å². The molecule has 1 heterocycles. The minimum Gasteiger partial charge on any atom is -0.356 e. The number of nitrogens with one attached hydrogen (secondary N) is 2. The van der Waals surface area contributed by atoms with Crippen LogP contribution in [-0.2, 0) is 5.41 Å². The molecule has 1 aromatic rings. The molecule has 132 valence electrons. The first-order valence-corrected chi connectivity index (χ1v) is 9.01. The fourth-order valence-electron chi connectivity index (χ4n) is 3.74. The Kier molecular flexibility index (Phi) is 5.39. The molecule has 2 aliphatic rings. The van der Waals surface area contributed by atoms with Crippen molar-refractivity contribution < 1.29 is 4.39 Å². The Bertz CT molecular complexity index is 582. The van der Waals surface area contributed by atoms with Crippen molar-refractivity contribution in [3.05, 3.63) is 35.6 Å². The molecule has 0 bridgehead atoms. The molecule has 0 radical (unpaired) electrons. The van der Waals surface area contributed by atoms with Crippen LogP contribution in [0.3, 0.4) is 0 Å². The summed E-state index contributed by atoms with van der Waals surface area (Å²) in [5, 5.41) is 6.85. The van der Waals surface area contributed by atoms with Gasteiger partial charge in [0.05, 0.1) is 0 Å². The van der Waals surface area contributed by atoms with Gasteiger partial charge in [-0.15, -0.1) is 0 Å². The van der Waals surface area contributed by atoms with E-state index in [4.69, 9.17) is 0 Å². The number of benzene rings is 1. The molecule has 0 amide bonds. The summed E-state index contributed by atoms with van der Waals surface area (Å²) in [6.45, 7) is 4.02. The standard InChI is InChI=1S/C19H29FN4/c1-21-18(22-12-15-6-5-11-24(2)13-15)23-14-19(9-10-19)16-7-3-4-8-17(16)20/h3-4,7-8,15H,5-6,9-14H2,1-2H3,(H2,21,22,23). The topological polar surface area (TPSA) is 39.7 Å². The minimum absolute atomic E-state index is 0.0615. The SMILES string of the molecule is CN=C(NCC1CCCN(C)C1)NCC1(c2ccccc2F)CC1. The Morgan fingerprint density at radius 2 is 2.12 bits per heavy atom. The van der Waals surface area contributed by atoms with Gasteiger partial charge in [-0.1, -0.05) is 18.2 Å². The second kappa shape index (κ2) is 7.51. The van der Waals surface area contributed by atoms with E-state index in [0.717, 1.165) is 44.0 Å². The monoisotopic (exact) mass is 332 g/mol. The summed E-state index contributed by atoms with van der Waals surface area (Å²) in [6.07, 6.45) is 4.61. The Balaban J connectivity index is 1.50. The number of piperidine rings is 1. The van der Waals surface area contributed by atoms with Crippen LogP contribution in [0, 0.1) is 11.7 Å². The third-order valence-electron chi connectivity index (χ3n) is 5.40. The van der Waals surface area contributed by atoms with Crippen molar-refractivity contribution in [2.24, 2.45) is 10.9 Å². The minimum atomic E-state index is -0.0926. The van der Waals surface area contributed by atoms with Crippen LogP contribution in [-0.4, -0.2) is 51.1 Å². The molecule has 2 N–H and O–H groups in total. The second-order valence-corrected chi connectivity index (χ2v) is 7.34. The van der Waals surface area contributed by atoms with Gasteiger partial charge >= 0.3 is 0 Å². The molecule has 1 saturated carbocycles. The Hall–Kier alpha value is -1.62. The van der Waals surface area contributed by atoms with Gasteiger partial charge in [0, 0.05) is 32.1 Å². The first kappa shape index (κ1) is 17.2. The third-order valence-corrected chi connectivity index (χ3v) is 5.40. The number of guanidine groups is 1. The Morgan fingerprint density at radius 1 is 1.33 bits per heavy atom. The maximum absolute atomic E-state index is 14.1. The normalized spacial score (nSPS) is 23.8. The van der Waals surface area contributed by atoms with Crippen molar-refractivity contribution in [2.75, 3.05) is 40.3 Å². The summed E-state index contributed by atoms with van der Waals surface area (Å²) in [4.78, 5) is 6.72. The molecule has 24 heavy (non-hydrogen) atoms. The van der Waals surface area contributed by atoms with Crippen LogP contribution in [0.15, 0.2) is 29.3 Å². The molecule has 5 heteroatoms. The largest absolute Gasteiger partial charge is 0.356 e. The van der Waals surface area contributed by atoms with Crippen molar-refractivity contribution >= 4 is 5.96 Å². The van der Waals surface area contributed by atoms with Crippen LogP contribution >= 0.6 is 0 Å². The van der Waals surface area contributed by atoms with Gasteiger partial charge < -0.3 is 15.5 Å². The number of halogens is 1. The third kappa shape index (κ3) is 4.07. The molecule has 2 fully saturated rings. The number of rotatable bonds is 5. The van der Waals surface area contributed by atoms with E-state index in [0.29, 0.717) is 5.92 Å². The highest BCUT2D eigenvalue weighted by Gasteiger charge is 2.45. The second-order valence-electron chi connectivity index (χ2n) is 7.34. The average molecular weight is 332 g/mol. The lowest BCUT2D eigenvalue weighted by molar-refractivity contribution is 0.210. The zero-order valence-corrected chi connectivity index (χ0v) is 14.8. The average Bonchev–Trinajstić information content (AvgIpc) is 3.36. The van der Waals surface area contributed by atoms with Crippen LogP contribution in [0.25, 0.3) is 0 Å². The van der Waals surface area contributed by atoms with E-state index in [1.54, 1.807) is 19.2 Å². The van der Waals surface area contributed by atoms with Gasteiger partial charge in [-0.25, -0.2) is 4.39 Å². The summed E-state index contributed by atoms with van der Waals surface area (Å²) >= 11 is 0. The van der Waals surface area contributed by atoms with E-state index in [2.05, 4.69) is 27.6 Å². The van der Waals surface area contributed by atoms with E-state index < -0.39 is 0 Å². The van der Waals surface area contributed by atoms with Crippen molar-refractivity contribution in [3.8, 4) is 0 Å². The predicted octanol–water partition coefficient (Wildman–Crippen LogP) is 2.36. The Morgan fingerprint density at radius 3 is 2.79 bits per heavy atom. The summed E-state index contributed by atoms with van der Waals surface area (Å²) < 4.78 is 14.1. The molecule has 1 saturated heterocycles. The summed E-state index contributed by atoms with van der Waals surface area (Å²) in [6, 6.07) is 7.15. The molecule has 0 spiro atoms. The lowest BCUT2D eigenvalue weighted by atomic mass is 9.95. The zero-order chi connectivity index (χ0) is 17.0. The number of hydrogen-bond donors (Lipinski definition) is 2. The van der Waals surface area contributed by atoms with E-state index in [9.17, 15) is 4.39 Å². The van der Waals surface area contributed by atoms with Crippen LogP contribution in [0.2, 0.25) is 0 Å². The summed E-state index contributed by atoms with van der Waals surface area (Å²) in [7, 11) is 3.98. The van der Waals surface area contributed by atoms with E-state index >= 15 is 0 Å². The smallest absolute Gasteiger partial charge is 0.191 e. The molecule has 0 aromatic heterocycles. The zero-order valence-electron chi connectivity index (χ0n) is 14.8. The van der Waals surface area contributed by atoms with Gasteiger partial charge in [-0.3, -0.25) is 4.99 Å².